The Morgan fingerprint density at radius 1 is 1.29 bits per heavy atom. The van der Waals surface area contributed by atoms with Crippen molar-refractivity contribution in [1.29, 1.82) is 0 Å². The van der Waals surface area contributed by atoms with Gasteiger partial charge in [0.2, 0.25) is 0 Å². The smallest absolute Gasteiger partial charge is 0.0624 e. The number of aromatic nitrogens is 2. The van der Waals surface area contributed by atoms with Crippen LogP contribution in [0.25, 0.3) is 0 Å². The summed E-state index contributed by atoms with van der Waals surface area (Å²) in [6.07, 6.45) is 2.04. The summed E-state index contributed by atoms with van der Waals surface area (Å²) >= 11 is 0. The predicted octanol–water partition coefficient (Wildman–Crippen LogP) is 2.63. The van der Waals surface area contributed by atoms with Crippen molar-refractivity contribution in [1.82, 2.24) is 9.78 Å². The van der Waals surface area contributed by atoms with Crippen LogP contribution in [0.1, 0.15) is 46.0 Å². The van der Waals surface area contributed by atoms with Crippen LogP contribution in [-0.4, -0.2) is 15.8 Å². The second-order valence-corrected chi connectivity index (χ2v) is 5.27. The van der Waals surface area contributed by atoms with Crippen LogP contribution in [-0.2, 0) is 19.4 Å². The summed E-state index contributed by atoms with van der Waals surface area (Å²) in [6.45, 7) is 11.9. The van der Waals surface area contributed by atoms with E-state index in [0.29, 0.717) is 11.8 Å². The molecule has 0 radical (unpaired) electrons. The van der Waals surface area contributed by atoms with Gasteiger partial charge in [-0.1, -0.05) is 20.8 Å². The maximum absolute atomic E-state index is 6.09. The molecule has 0 aromatic carbocycles. The van der Waals surface area contributed by atoms with Gasteiger partial charge in [0.05, 0.1) is 5.69 Å². The minimum atomic E-state index is 0.236. The fourth-order valence-electron chi connectivity index (χ4n) is 2.40. The lowest BCUT2D eigenvalue weighted by molar-refractivity contribution is 0.322. The lowest BCUT2D eigenvalue weighted by Crippen LogP contribution is -2.32. The monoisotopic (exact) mass is 237 g/mol. The highest BCUT2D eigenvalue weighted by molar-refractivity contribution is 5.11. The van der Waals surface area contributed by atoms with Gasteiger partial charge < -0.3 is 5.73 Å². The van der Waals surface area contributed by atoms with Crippen LogP contribution in [0, 0.1) is 11.8 Å². The van der Waals surface area contributed by atoms with E-state index in [9.17, 15) is 0 Å². The fourth-order valence-corrected chi connectivity index (χ4v) is 2.40. The summed E-state index contributed by atoms with van der Waals surface area (Å²) in [5.41, 5.74) is 8.61. The van der Waals surface area contributed by atoms with Crippen LogP contribution in [0.3, 0.4) is 0 Å². The SMILES string of the molecule is CCc1cc(CC(C(C)C)C(C)N)n(CC)n1. The maximum atomic E-state index is 6.09. The highest BCUT2D eigenvalue weighted by atomic mass is 15.3. The molecular formula is C14H27N3. The Morgan fingerprint density at radius 3 is 2.35 bits per heavy atom. The summed E-state index contributed by atoms with van der Waals surface area (Å²) in [7, 11) is 0. The van der Waals surface area contributed by atoms with E-state index in [-0.39, 0.29) is 6.04 Å². The first-order chi connectivity index (χ1) is 7.99. The Bertz CT molecular complexity index is 331. The number of aryl methyl sites for hydroxylation is 2. The minimum Gasteiger partial charge on any atom is -0.328 e. The number of nitrogens with two attached hydrogens (primary N) is 1. The molecule has 0 saturated heterocycles. The van der Waals surface area contributed by atoms with Crippen molar-refractivity contribution in [2.24, 2.45) is 17.6 Å². The lowest BCUT2D eigenvalue weighted by atomic mass is 9.86. The number of rotatable bonds is 6. The molecule has 3 heteroatoms. The van der Waals surface area contributed by atoms with Crippen molar-refractivity contribution < 1.29 is 0 Å². The first-order valence-corrected chi connectivity index (χ1v) is 6.80. The van der Waals surface area contributed by atoms with Gasteiger partial charge in [0.15, 0.2) is 0 Å². The third kappa shape index (κ3) is 3.56. The molecule has 2 N–H and O–H groups in total. The van der Waals surface area contributed by atoms with Crippen LogP contribution in [0.5, 0.6) is 0 Å². The third-order valence-electron chi connectivity index (χ3n) is 3.55. The second-order valence-electron chi connectivity index (χ2n) is 5.27. The van der Waals surface area contributed by atoms with E-state index in [0.717, 1.165) is 19.4 Å². The molecule has 0 fully saturated rings. The van der Waals surface area contributed by atoms with Crippen molar-refractivity contribution in [2.45, 2.75) is 60.0 Å². The molecule has 0 bridgehead atoms. The quantitative estimate of drug-likeness (QED) is 0.826. The van der Waals surface area contributed by atoms with Crippen LogP contribution >= 0.6 is 0 Å². The van der Waals surface area contributed by atoms with Crippen molar-refractivity contribution >= 4 is 0 Å². The first kappa shape index (κ1) is 14.2. The fraction of sp³-hybridized carbons (Fsp3) is 0.786. The molecule has 1 aromatic rings. The number of hydrogen-bond donors (Lipinski definition) is 1. The van der Waals surface area contributed by atoms with E-state index in [1.54, 1.807) is 0 Å². The highest BCUT2D eigenvalue weighted by Crippen LogP contribution is 2.20. The second kappa shape index (κ2) is 6.20. The summed E-state index contributed by atoms with van der Waals surface area (Å²) in [4.78, 5) is 0. The Hall–Kier alpha value is -0.830. The summed E-state index contributed by atoms with van der Waals surface area (Å²) < 4.78 is 2.12. The third-order valence-corrected chi connectivity index (χ3v) is 3.55. The average molecular weight is 237 g/mol. The summed E-state index contributed by atoms with van der Waals surface area (Å²) in [5, 5.41) is 4.59. The molecule has 2 atom stereocenters. The summed E-state index contributed by atoms with van der Waals surface area (Å²) in [6, 6.07) is 2.47. The van der Waals surface area contributed by atoms with Gasteiger partial charge in [0, 0.05) is 18.3 Å². The minimum absolute atomic E-state index is 0.236. The zero-order valence-corrected chi connectivity index (χ0v) is 11.9. The van der Waals surface area contributed by atoms with Crippen LogP contribution in [0.4, 0.5) is 0 Å². The van der Waals surface area contributed by atoms with Gasteiger partial charge in [0.25, 0.3) is 0 Å². The Kier molecular flexibility index (Phi) is 5.19. The maximum Gasteiger partial charge on any atom is 0.0624 e. The van der Waals surface area contributed by atoms with E-state index in [4.69, 9.17) is 5.73 Å². The molecule has 0 aliphatic carbocycles. The van der Waals surface area contributed by atoms with Crippen molar-refractivity contribution in [2.75, 3.05) is 0 Å². The standard InChI is InChI=1S/C14H27N3/c1-6-12-8-13(17(7-2)16-12)9-14(10(3)4)11(5)15/h8,10-11,14H,6-7,9,15H2,1-5H3. The molecule has 0 aliphatic heterocycles. The average Bonchev–Trinajstić information content (AvgIpc) is 2.67. The van der Waals surface area contributed by atoms with E-state index in [1.165, 1.54) is 11.4 Å². The summed E-state index contributed by atoms with van der Waals surface area (Å²) in [5.74, 6) is 1.14. The zero-order chi connectivity index (χ0) is 13.0. The molecule has 2 unspecified atom stereocenters. The largest absolute Gasteiger partial charge is 0.328 e. The number of hydrogen-bond acceptors (Lipinski definition) is 2. The molecule has 1 rings (SSSR count). The Labute approximate surface area is 105 Å². The van der Waals surface area contributed by atoms with Gasteiger partial charge >= 0.3 is 0 Å². The van der Waals surface area contributed by atoms with E-state index in [1.807, 2.05) is 0 Å². The van der Waals surface area contributed by atoms with Gasteiger partial charge in [-0.3, -0.25) is 4.68 Å². The molecule has 0 amide bonds. The van der Waals surface area contributed by atoms with Crippen LogP contribution in [0.15, 0.2) is 6.07 Å². The van der Waals surface area contributed by atoms with Crippen molar-refractivity contribution in [3.63, 3.8) is 0 Å². The van der Waals surface area contributed by atoms with Gasteiger partial charge in [-0.2, -0.15) is 5.10 Å². The van der Waals surface area contributed by atoms with E-state index in [2.05, 4.69) is 50.5 Å². The normalized spacial score (nSPS) is 15.2. The van der Waals surface area contributed by atoms with Crippen LogP contribution in [0.2, 0.25) is 0 Å². The number of nitrogens with zero attached hydrogens (tertiary/aromatic N) is 2. The van der Waals surface area contributed by atoms with Gasteiger partial charge in [-0.15, -0.1) is 0 Å². The molecule has 0 aliphatic rings. The molecule has 17 heavy (non-hydrogen) atoms. The van der Waals surface area contributed by atoms with Crippen molar-refractivity contribution in [3.05, 3.63) is 17.5 Å². The molecule has 0 saturated carbocycles. The Balaban J connectivity index is 2.88. The highest BCUT2D eigenvalue weighted by Gasteiger charge is 2.20. The van der Waals surface area contributed by atoms with Gasteiger partial charge in [-0.25, -0.2) is 0 Å². The zero-order valence-electron chi connectivity index (χ0n) is 11.9. The van der Waals surface area contributed by atoms with E-state index >= 15 is 0 Å². The topological polar surface area (TPSA) is 43.8 Å². The lowest BCUT2D eigenvalue weighted by Gasteiger charge is -2.24. The predicted molar refractivity (Wildman–Crippen MR) is 73.0 cm³/mol. The molecule has 98 valence electrons. The molecule has 3 nitrogen and oxygen atoms in total. The first-order valence-electron chi connectivity index (χ1n) is 6.80. The molecular weight excluding hydrogens is 210 g/mol. The molecule has 0 spiro atoms. The van der Waals surface area contributed by atoms with Gasteiger partial charge in [0.1, 0.15) is 0 Å². The van der Waals surface area contributed by atoms with E-state index < -0.39 is 0 Å². The Morgan fingerprint density at radius 2 is 1.94 bits per heavy atom. The van der Waals surface area contributed by atoms with Crippen LogP contribution < -0.4 is 5.73 Å². The molecule has 1 heterocycles. The van der Waals surface area contributed by atoms with Gasteiger partial charge in [-0.05, 0) is 44.6 Å². The molecule has 1 aromatic heterocycles. The van der Waals surface area contributed by atoms with Crippen molar-refractivity contribution in [3.8, 4) is 0 Å².